The van der Waals surface area contributed by atoms with Crippen LogP contribution in [0.4, 0.5) is 5.82 Å². The minimum Gasteiger partial charge on any atom is -0.461 e. The van der Waals surface area contributed by atoms with Crippen LogP contribution < -0.4 is 0 Å². The number of aromatic amines is 1. The second kappa shape index (κ2) is 9.06. The molecule has 0 aliphatic heterocycles. The molecule has 1 aromatic rings. The quantitative estimate of drug-likeness (QED) is 0.326. The Kier molecular flexibility index (Phi) is 7.31. The van der Waals surface area contributed by atoms with Crippen LogP contribution in [0.2, 0.25) is 0 Å². The number of rotatable bonds is 9. The molecule has 1 N–H and O–H groups in total. The highest BCUT2D eigenvalue weighted by molar-refractivity contribution is 5.91. The molecule has 0 saturated carbocycles. The Labute approximate surface area is 119 Å². The summed E-state index contributed by atoms with van der Waals surface area (Å²) in [5.41, 5.74) is 0.244. The molecule has 0 aliphatic rings. The van der Waals surface area contributed by atoms with Gasteiger partial charge in [0.15, 0.2) is 5.69 Å². The van der Waals surface area contributed by atoms with Crippen molar-refractivity contribution in [1.29, 1.82) is 0 Å². The highest BCUT2D eigenvalue weighted by Crippen LogP contribution is 2.15. The van der Waals surface area contributed by atoms with Crippen molar-refractivity contribution in [3.8, 4) is 0 Å². The minimum atomic E-state index is -0.443. The zero-order chi connectivity index (χ0) is 14.8. The van der Waals surface area contributed by atoms with Crippen molar-refractivity contribution in [2.45, 2.75) is 39.5 Å². The number of nitrogens with zero attached hydrogens (tertiary/aromatic N) is 4. The van der Waals surface area contributed by atoms with E-state index in [1.165, 1.54) is 6.33 Å². The number of nitrogens with one attached hydrogen (secondary N) is 1. The second-order valence-electron chi connectivity index (χ2n) is 4.51. The van der Waals surface area contributed by atoms with Crippen LogP contribution in [0, 0.1) is 0 Å². The molecule has 0 bridgehead atoms. The number of aromatic nitrogens is 2. The number of imidazole rings is 1. The molecule has 1 aromatic heterocycles. The summed E-state index contributed by atoms with van der Waals surface area (Å²) >= 11 is 0. The highest BCUT2D eigenvalue weighted by atomic mass is 16.5. The average molecular weight is 281 g/mol. The third-order valence-corrected chi connectivity index (χ3v) is 2.68. The Bertz CT molecular complexity index is 430. The Morgan fingerprint density at radius 2 is 2.15 bits per heavy atom. The van der Waals surface area contributed by atoms with Crippen LogP contribution in [-0.4, -0.2) is 41.1 Å². The number of hydrogen-bond acceptors (Lipinski definition) is 5. The fraction of sp³-hybridized carbons (Fsp3) is 0.692. The van der Waals surface area contributed by atoms with Gasteiger partial charge in [0.25, 0.3) is 0 Å². The van der Waals surface area contributed by atoms with Gasteiger partial charge in [-0.1, -0.05) is 31.9 Å². The van der Waals surface area contributed by atoms with Gasteiger partial charge in [-0.2, -0.15) is 0 Å². The number of esters is 1. The molecule has 0 radical (unpaired) electrons. The van der Waals surface area contributed by atoms with Gasteiger partial charge in [-0.3, -0.25) is 5.01 Å². The molecule has 7 heteroatoms. The first kappa shape index (κ1) is 16.1. The van der Waals surface area contributed by atoms with Gasteiger partial charge in [-0.25, -0.2) is 9.78 Å². The summed E-state index contributed by atoms with van der Waals surface area (Å²) in [6, 6.07) is 0. The molecule has 0 aromatic carbocycles. The molecule has 0 saturated heterocycles. The topological polar surface area (TPSA) is 82.9 Å². The minimum absolute atomic E-state index is 0.244. The summed E-state index contributed by atoms with van der Waals surface area (Å²) < 4.78 is 5.11. The van der Waals surface area contributed by atoms with Crippen molar-refractivity contribution in [3.05, 3.63) is 12.0 Å². The summed E-state index contributed by atoms with van der Waals surface area (Å²) in [5.74, 6) is -0.184. The summed E-state index contributed by atoms with van der Waals surface area (Å²) in [7, 11) is 1.84. The molecule has 0 unspecified atom stereocenters. The van der Waals surface area contributed by atoms with Crippen molar-refractivity contribution in [1.82, 2.24) is 15.0 Å². The summed E-state index contributed by atoms with van der Waals surface area (Å²) in [4.78, 5) is 18.5. The van der Waals surface area contributed by atoms with E-state index in [1.54, 1.807) is 5.01 Å². The van der Waals surface area contributed by atoms with E-state index in [9.17, 15) is 4.79 Å². The van der Waals surface area contributed by atoms with E-state index in [-0.39, 0.29) is 11.5 Å². The van der Waals surface area contributed by atoms with Crippen LogP contribution in [-0.2, 0) is 4.74 Å². The first-order valence-corrected chi connectivity index (χ1v) is 7.02. The predicted octanol–water partition coefficient (Wildman–Crippen LogP) is 3.10. The van der Waals surface area contributed by atoms with E-state index in [1.807, 2.05) is 14.0 Å². The maximum atomic E-state index is 11.8. The van der Waals surface area contributed by atoms with E-state index in [2.05, 4.69) is 27.2 Å². The fourth-order valence-electron chi connectivity index (χ4n) is 1.44. The van der Waals surface area contributed by atoms with Gasteiger partial charge in [-0.05, 0) is 12.8 Å². The van der Waals surface area contributed by atoms with Crippen LogP contribution in [0.1, 0.15) is 50.0 Å². The molecule has 0 spiro atoms. The number of ether oxygens (including phenoxy) is 1. The number of carbonyl (C=O) groups excluding carboxylic acids is 1. The van der Waals surface area contributed by atoms with Crippen LogP contribution in [0.3, 0.4) is 0 Å². The summed E-state index contributed by atoms with van der Waals surface area (Å²) in [6.07, 6.45) is 5.37. The van der Waals surface area contributed by atoms with Crippen molar-refractivity contribution in [3.63, 3.8) is 0 Å². The Morgan fingerprint density at radius 3 is 2.85 bits per heavy atom. The molecule has 7 nitrogen and oxygen atoms in total. The Morgan fingerprint density at radius 1 is 1.40 bits per heavy atom. The van der Waals surface area contributed by atoms with Crippen molar-refractivity contribution in [2.24, 2.45) is 10.3 Å². The molecule has 1 rings (SSSR count). The number of carbonyl (C=O) groups is 1. The summed E-state index contributed by atoms with van der Waals surface area (Å²) in [5, 5.41) is 9.71. The van der Waals surface area contributed by atoms with Gasteiger partial charge in [0, 0.05) is 13.6 Å². The number of hydrogen-bond donors (Lipinski definition) is 1. The number of unbranched alkanes of at least 4 members (excludes halogenated alkanes) is 2. The van der Waals surface area contributed by atoms with E-state index in [0.29, 0.717) is 6.61 Å². The largest absolute Gasteiger partial charge is 0.461 e. The first-order valence-electron chi connectivity index (χ1n) is 7.02. The maximum absolute atomic E-state index is 11.8. The third-order valence-electron chi connectivity index (χ3n) is 2.68. The zero-order valence-corrected chi connectivity index (χ0v) is 12.4. The lowest BCUT2D eigenvalue weighted by Crippen LogP contribution is -2.11. The lowest BCUT2D eigenvalue weighted by Gasteiger charge is -2.09. The van der Waals surface area contributed by atoms with Gasteiger partial charge in [0.1, 0.15) is 0 Å². The SMILES string of the molecule is CCCCOC(=O)c1[nH]cnc1N=NN(C)CCCC. The van der Waals surface area contributed by atoms with Gasteiger partial charge in [0.2, 0.25) is 5.82 Å². The van der Waals surface area contributed by atoms with Crippen LogP contribution >= 0.6 is 0 Å². The Hall–Kier alpha value is -1.92. The fourth-order valence-corrected chi connectivity index (χ4v) is 1.44. The van der Waals surface area contributed by atoms with E-state index < -0.39 is 5.97 Å². The van der Waals surface area contributed by atoms with Crippen LogP contribution in [0.25, 0.3) is 0 Å². The number of H-pyrrole nitrogens is 1. The van der Waals surface area contributed by atoms with Crippen LogP contribution in [0.15, 0.2) is 16.7 Å². The molecule has 0 fully saturated rings. The monoisotopic (exact) mass is 281 g/mol. The Balaban J connectivity index is 2.57. The van der Waals surface area contributed by atoms with Gasteiger partial charge >= 0.3 is 5.97 Å². The van der Waals surface area contributed by atoms with E-state index >= 15 is 0 Å². The molecule has 0 aliphatic carbocycles. The van der Waals surface area contributed by atoms with Gasteiger partial charge < -0.3 is 9.72 Å². The predicted molar refractivity (Wildman–Crippen MR) is 75.8 cm³/mol. The molecule has 0 atom stereocenters. The third kappa shape index (κ3) is 5.38. The maximum Gasteiger partial charge on any atom is 0.358 e. The molecule has 112 valence electrons. The molecular formula is C13H23N5O2. The average Bonchev–Trinajstić information content (AvgIpc) is 2.91. The molecular weight excluding hydrogens is 258 g/mol. The van der Waals surface area contributed by atoms with Crippen LogP contribution in [0.5, 0.6) is 0 Å². The highest BCUT2D eigenvalue weighted by Gasteiger charge is 2.15. The van der Waals surface area contributed by atoms with Crippen molar-refractivity contribution in [2.75, 3.05) is 20.2 Å². The summed E-state index contributed by atoms with van der Waals surface area (Å²) in [6.45, 7) is 5.38. The molecule has 1 heterocycles. The zero-order valence-electron chi connectivity index (χ0n) is 12.4. The van der Waals surface area contributed by atoms with E-state index in [4.69, 9.17) is 4.74 Å². The van der Waals surface area contributed by atoms with Crippen molar-refractivity contribution < 1.29 is 9.53 Å². The van der Waals surface area contributed by atoms with Gasteiger partial charge in [0.05, 0.1) is 12.9 Å². The molecule has 20 heavy (non-hydrogen) atoms. The van der Waals surface area contributed by atoms with Crippen molar-refractivity contribution >= 4 is 11.8 Å². The lowest BCUT2D eigenvalue weighted by molar-refractivity contribution is 0.0494. The normalized spacial score (nSPS) is 10.9. The first-order chi connectivity index (χ1) is 9.69. The smallest absolute Gasteiger partial charge is 0.358 e. The standard InChI is InChI=1S/C13H23N5O2/c1-4-6-8-18(3)17-16-12-11(14-10-15-12)13(19)20-9-7-5-2/h10H,4-9H2,1-3H3,(H,14,15). The second-order valence-corrected chi connectivity index (χ2v) is 4.51. The lowest BCUT2D eigenvalue weighted by atomic mass is 10.3. The molecule has 0 amide bonds. The van der Waals surface area contributed by atoms with E-state index in [0.717, 1.165) is 32.2 Å². The van der Waals surface area contributed by atoms with Gasteiger partial charge in [-0.15, -0.1) is 5.11 Å².